The number of rotatable bonds is 2. The average Bonchev–Trinajstić information content (AvgIpc) is 1.41. The summed E-state index contributed by atoms with van der Waals surface area (Å²) in [5, 5.41) is 0. The second-order valence-electron chi connectivity index (χ2n) is 0.552. The van der Waals surface area contributed by atoms with Crippen molar-refractivity contribution in [3.05, 3.63) is 12.7 Å². The lowest BCUT2D eigenvalue weighted by molar-refractivity contribution is 0.647. The Bertz CT molecular complexity index is 36.2. The monoisotopic (exact) mass is 184 g/mol. The Morgan fingerprint density at radius 1 is 2.00 bits per heavy atom. The fourth-order valence-electron chi connectivity index (χ4n) is 0.0445. The van der Waals surface area contributed by atoms with Crippen LogP contribution in [-0.4, -0.2) is 4.43 Å². The van der Waals surface area contributed by atoms with Crippen LogP contribution in [0.5, 0.6) is 0 Å². The molecule has 0 aromatic carbocycles. The van der Waals surface area contributed by atoms with Crippen LogP contribution in [0.1, 0.15) is 0 Å². The van der Waals surface area contributed by atoms with Crippen molar-refractivity contribution < 1.29 is 3.07 Å². The number of hydrogen-bond donors (Lipinski definition) is 0. The molecular weight excluding hydrogens is 179 g/mol. The van der Waals surface area contributed by atoms with Crippen molar-refractivity contribution in [2.45, 2.75) is 0 Å². The van der Waals surface area contributed by atoms with Gasteiger partial charge in [0.15, 0.2) is 0 Å². The summed E-state index contributed by atoms with van der Waals surface area (Å²) >= 11 is -0.761. The van der Waals surface area contributed by atoms with Crippen LogP contribution in [0.15, 0.2) is 12.7 Å². The van der Waals surface area contributed by atoms with Crippen molar-refractivity contribution >= 4 is 21.2 Å². The highest BCUT2D eigenvalue weighted by Crippen LogP contribution is 1.87. The van der Waals surface area contributed by atoms with Gasteiger partial charge in [0.2, 0.25) is 0 Å². The van der Waals surface area contributed by atoms with E-state index in [0.29, 0.717) is 4.43 Å². The van der Waals surface area contributed by atoms with Crippen molar-refractivity contribution in [3.63, 3.8) is 0 Å². The summed E-state index contributed by atoms with van der Waals surface area (Å²) < 4.78 is 10.3. The smallest absolute Gasteiger partial charge is 0.148 e. The van der Waals surface area contributed by atoms with E-state index < -0.39 is 21.2 Å². The molecule has 0 heterocycles. The minimum absolute atomic E-state index is 0.707. The zero-order valence-electron chi connectivity index (χ0n) is 2.78. The summed E-state index contributed by atoms with van der Waals surface area (Å²) in [6, 6.07) is 0. The van der Waals surface area contributed by atoms with Crippen molar-refractivity contribution in [1.82, 2.24) is 0 Å². The Morgan fingerprint density at radius 3 is 2.60 bits per heavy atom. The summed E-state index contributed by atoms with van der Waals surface area (Å²) in [5.41, 5.74) is 0. The zero-order valence-corrected chi connectivity index (χ0v) is 4.94. The molecule has 0 N–H and O–H groups in total. The van der Waals surface area contributed by atoms with E-state index in [1.807, 2.05) is 0 Å². The first kappa shape index (κ1) is 5.27. The quantitative estimate of drug-likeness (QED) is 0.361. The van der Waals surface area contributed by atoms with Crippen LogP contribution in [0.2, 0.25) is 0 Å². The number of hydrogen-bond acceptors (Lipinski definition) is 1. The molecule has 0 saturated heterocycles. The maximum absolute atomic E-state index is 9.57. The van der Waals surface area contributed by atoms with Gasteiger partial charge in [-0.25, -0.2) is 0 Å². The fraction of sp³-hybridized carbons (Fsp3) is 0.333. The lowest BCUT2D eigenvalue weighted by Crippen LogP contribution is -1.47. The van der Waals surface area contributed by atoms with E-state index >= 15 is 0 Å². The highest BCUT2D eigenvalue weighted by atomic mass is 127. The normalized spacial score (nSPS) is 7.20. The molecule has 2 heteroatoms. The molecular formula is C3H5IO. The van der Waals surface area contributed by atoms with Crippen LogP contribution in [-0.2, 0) is 3.07 Å². The van der Waals surface area contributed by atoms with Gasteiger partial charge >= 0.3 is 0 Å². The lowest BCUT2D eigenvalue weighted by atomic mass is 10.8. The van der Waals surface area contributed by atoms with Crippen LogP contribution in [0.3, 0.4) is 0 Å². The average molecular weight is 184 g/mol. The van der Waals surface area contributed by atoms with Gasteiger partial charge in [-0.05, 0) is 0 Å². The molecule has 5 heavy (non-hydrogen) atoms. The second kappa shape index (κ2) is 4.27. The summed E-state index contributed by atoms with van der Waals surface area (Å²) in [6.07, 6.45) is 1.67. The van der Waals surface area contributed by atoms with Gasteiger partial charge in [0.25, 0.3) is 0 Å². The van der Waals surface area contributed by atoms with Crippen molar-refractivity contribution in [1.29, 1.82) is 0 Å². The molecule has 30 valence electrons. The molecule has 0 spiro atoms. The van der Waals surface area contributed by atoms with Crippen LogP contribution >= 0.6 is 21.2 Å². The first-order valence-electron chi connectivity index (χ1n) is 1.24. The molecule has 0 aliphatic heterocycles. The van der Waals surface area contributed by atoms with Crippen LogP contribution in [0.4, 0.5) is 0 Å². The molecule has 0 atom stereocenters. The molecule has 0 rings (SSSR count). The van der Waals surface area contributed by atoms with Crippen molar-refractivity contribution in [3.8, 4) is 0 Å². The number of halogens is 1. The van der Waals surface area contributed by atoms with Gasteiger partial charge < -0.3 is 0 Å². The van der Waals surface area contributed by atoms with Gasteiger partial charge in [-0.2, -0.15) is 0 Å². The highest BCUT2D eigenvalue weighted by Gasteiger charge is 1.61. The minimum atomic E-state index is -0.761. The largest absolute Gasteiger partial charge is 0.270 e. The first-order chi connectivity index (χ1) is 2.41. The highest BCUT2D eigenvalue weighted by molar-refractivity contribution is 14.1. The molecule has 0 fully saturated rings. The molecule has 0 amide bonds. The third kappa shape index (κ3) is 4.27. The maximum atomic E-state index is 9.57. The van der Waals surface area contributed by atoms with Gasteiger partial charge in [-0.1, -0.05) is 6.08 Å². The Morgan fingerprint density at radius 2 is 2.60 bits per heavy atom. The van der Waals surface area contributed by atoms with Gasteiger partial charge in [-0.3, -0.25) is 3.07 Å². The minimum Gasteiger partial charge on any atom is -0.270 e. The predicted molar refractivity (Wildman–Crippen MR) is 29.8 cm³/mol. The second-order valence-corrected chi connectivity index (χ2v) is 2.06. The Labute approximate surface area is 41.7 Å². The van der Waals surface area contributed by atoms with E-state index in [1.165, 1.54) is 0 Å². The summed E-state index contributed by atoms with van der Waals surface area (Å²) in [6.45, 7) is 3.38. The topological polar surface area (TPSA) is 17.1 Å². The molecule has 0 aliphatic carbocycles. The van der Waals surface area contributed by atoms with Crippen LogP contribution in [0, 0.1) is 0 Å². The molecule has 0 unspecified atom stereocenters. The van der Waals surface area contributed by atoms with Gasteiger partial charge in [-0.15, -0.1) is 6.58 Å². The van der Waals surface area contributed by atoms with E-state index in [9.17, 15) is 3.07 Å². The molecule has 0 aliphatic rings. The van der Waals surface area contributed by atoms with E-state index in [0.717, 1.165) is 0 Å². The van der Waals surface area contributed by atoms with E-state index in [4.69, 9.17) is 0 Å². The number of allylic oxidation sites excluding steroid dienone is 1. The molecule has 0 aromatic rings. The van der Waals surface area contributed by atoms with E-state index in [-0.39, 0.29) is 0 Å². The lowest BCUT2D eigenvalue weighted by Gasteiger charge is -1.57. The zero-order chi connectivity index (χ0) is 4.12. The molecule has 0 aromatic heterocycles. The first-order valence-corrected chi connectivity index (χ1v) is 3.64. The third-order valence-corrected chi connectivity index (χ3v) is 1.15. The van der Waals surface area contributed by atoms with E-state index in [2.05, 4.69) is 6.58 Å². The van der Waals surface area contributed by atoms with Gasteiger partial charge in [0.1, 0.15) is 21.2 Å². The molecule has 1 nitrogen and oxygen atoms in total. The summed E-state index contributed by atoms with van der Waals surface area (Å²) in [4.78, 5) is 0. The molecule has 0 bridgehead atoms. The molecule has 0 radical (unpaired) electrons. The standard InChI is InChI=1S/C3H5IO/c1-2-3-4-5/h2H,1,3H2. The Kier molecular flexibility index (Phi) is 4.50. The van der Waals surface area contributed by atoms with E-state index in [1.54, 1.807) is 6.08 Å². The Hall–Kier alpha value is 0.270. The fourth-order valence-corrected chi connectivity index (χ4v) is 0.299. The maximum Gasteiger partial charge on any atom is 0.148 e. The van der Waals surface area contributed by atoms with Gasteiger partial charge in [0, 0.05) is 4.43 Å². The third-order valence-electron chi connectivity index (χ3n) is 0.172. The Balaban J connectivity index is 2.65. The summed E-state index contributed by atoms with van der Waals surface area (Å²) in [7, 11) is 0. The van der Waals surface area contributed by atoms with Crippen LogP contribution < -0.4 is 0 Å². The number of alkyl halides is 1. The van der Waals surface area contributed by atoms with Gasteiger partial charge in [0.05, 0.1) is 0 Å². The van der Waals surface area contributed by atoms with Crippen LogP contribution in [0.25, 0.3) is 0 Å². The van der Waals surface area contributed by atoms with Crippen molar-refractivity contribution in [2.75, 3.05) is 4.43 Å². The van der Waals surface area contributed by atoms with Crippen molar-refractivity contribution in [2.24, 2.45) is 0 Å². The predicted octanol–water partition coefficient (Wildman–Crippen LogP) is 1.49. The summed E-state index contributed by atoms with van der Waals surface area (Å²) in [5.74, 6) is 0. The molecule has 0 saturated carbocycles. The SMILES string of the molecule is C=CCI=O.